The molecule has 6 heteroatoms. The minimum atomic E-state index is -0.758. The van der Waals surface area contributed by atoms with Gasteiger partial charge in [-0.05, 0) is 45.4 Å². The zero-order chi connectivity index (χ0) is 16.5. The van der Waals surface area contributed by atoms with Crippen molar-refractivity contribution in [3.8, 4) is 0 Å². The summed E-state index contributed by atoms with van der Waals surface area (Å²) in [6.45, 7) is 5.65. The molecule has 1 N–H and O–H groups in total. The van der Waals surface area contributed by atoms with Crippen LogP contribution in [0.1, 0.15) is 46.5 Å². The van der Waals surface area contributed by atoms with Gasteiger partial charge >= 0.3 is 5.97 Å². The molecule has 22 heavy (non-hydrogen) atoms. The summed E-state index contributed by atoms with van der Waals surface area (Å²) in [5.41, 5.74) is -0.750. The number of hydrogen-bond donors (Lipinski definition) is 1. The van der Waals surface area contributed by atoms with Crippen LogP contribution in [0.25, 0.3) is 0 Å². The van der Waals surface area contributed by atoms with Crippen molar-refractivity contribution in [3.63, 3.8) is 0 Å². The van der Waals surface area contributed by atoms with Crippen molar-refractivity contribution in [1.29, 1.82) is 0 Å². The average molecular weight is 305 g/mol. The summed E-state index contributed by atoms with van der Waals surface area (Å²) in [4.78, 5) is 24.8. The van der Waals surface area contributed by atoms with Gasteiger partial charge in [0.1, 0.15) is 5.72 Å². The summed E-state index contributed by atoms with van der Waals surface area (Å²) in [7, 11) is 5.51. The highest BCUT2D eigenvalue weighted by molar-refractivity contribution is 6.57. The molecule has 2 aliphatic rings. The summed E-state index contributed by atoms with van der Waals surface area (Å²) < 4.78 is 6.07. The van der Waals surface area contributed by atoms with Crippen LogP contribution in [-0.4, -0.2) is 47.5 Å². The van der Waals surface area contributed by atoms with Crippen molar-refractivity contribution in [1.82, 2.24) is 4.90 Å². The van der Waals surface area contributed by atoms with Gasteiger partial charge in [-0.25, -0.2) is 0 Å². The Balaban J connectivity index is 2.16. The Bertz CT molecular complexity index is 477. The van der Waals surface area contributed by atoms with Gasteiger partial charge in [-0.2, -0.15) is 0 Å². The summed E-state index contributed by atoms with van der Waals surface area (Å²) in [6, 6.07) is -0.104. The van der Waals surface area contributed by atoms with Gasteiger partial charge in [0.2, 0.25) is 7.85 Å². The molecule has 4 atom stereocenters. The fourth-order valence-corrected chi connectivity index (χ4v) is 3.88. The van der Waals surface area contributed by atoms with E-state index in [4.69, 9.17) is 12.6 Å². The zero-order valence-electron chi connectivity index (χ0n) is 13.5. The third-order valence-corrected chi connectivity index (χ3v) is 4.85. The van der Waals surface area contributed by atoms with E-state index in [0.717, 1.165) is 12.8 Å². The lowest BCUT2D eigenvalue weighted by Crippen LogP contribution is -2.47. The normalized spacial score (nSPS) is 33.9. The van der Waals surface area contributed by atoms with Crippen molar-refractivity contribution in [2.75, 3.05) is 0 Å². The minimum absolute atomic E-state index is 0.0326. The number of nitrogens with zero attached hydrogens (tertiary/aromatic N) is 1. The van der Waals surface area contributed by atoms with E-state index in [0.29, 0.717) is 12.8 Å². The molecule has 0 aromatic rings. The quantitative estimate of drug-likeness (QED) is 0.640. The molecule has 2 unspecified atom stereocenters. The van der Waals surface area contributed by atoms with Crippen LogP contribution in [0, 0.1) is 11.8 Å². The monoisotopic (exact) mass is 305 g/mol. The van der Waals surface area contributed by atoms with Gasteiger partial charge in [-0.15, -0.1) is 0 Å². The smallest absolute Gasteiger partial charge is 0.307 e. The Hall–Kier alpha value is -1.30. The van der Waals surface area contributed by atoms with Gasteiger partial charge in [-0.1, -0.05) is 19.1 Å². The number of hydrogen-bond acceptors (Lipinski definition) is 3. The van der Waals surface area contributed by atoms with E-state index in [-0.39, 0.29) is 24.0 Å². The number of carbonyl (C=O) groups excluding carboxylic acids is 1. The number of ether oxygens (including phenoxy) is 1. The number of amides is 1. The van der Waals surface area contributed by atoms with Gasteiger partial charge in [-0.3, -0.25) is 9.59 Å². The van der Waals surface area contributed by atoms with Gasteiger partial charge in [0.15, 0.2) is 5.81 Å². The van der Waals surface area contributed by atoms with Crippen LogP contribution in [0.3, 0.4) is 0 Å². The molecule has 1 saturated heterocycles. The lowest BCUT2D eigenvalue weighted by Gasteiger charge is -2.33. The van der Waals surface area contributed by atoms with E-state index in [1.807, 2.05) is 32.9 Å². The van der Waals surface area contributed by atoms with Crippen molar-refractivity contribution < 1.29 is 19.4 Å². The van der Waals surface area contributed by atoms with Crippen LogP contribution in [-0.2, 0) is 9.53 Å². The summed E-state index contributed by atoms with van der Waals surface area (Å²) in [5.74, 6) is -1.59. The maximum Gasteiger partial charge on any atom is 0.307 e. The molecule has 0 aromatic heterocycles. The van der Waals surface area contributed by atoms with E-state index < -0.39 is 17.5 Å². The predicted octanol–water partition coefficient (Wildman–Crippen LogP) is 2.55. The van der Waals surface area contributed by atoms with E-state index in [9.17, 15) is 14.7 Å². The second-order valence-electron chi connectivity index (χ2n) is 6.67. The highest BCUT2D eigenvalue weighted by atomic mass is 16.5. The molecule has 0 aromatic carbocycles. The van der Waals surface area contributed by atoms with Crippen LogP contribution in [0.5, 0.6) is 0 Å². The first kappa shape index (κ1) is 17.1. The Morgan fingerprint density at radius 3 is 2.55 bits per heavy atom. The van der Waals surface area contributed by atoms with Gasteiger partial charge < -0.3 is 14.7 Å². The number of allylic oxidation sites excluding steroid dienone is 2. The molecule has 0 saturated carbocycles. The van der Waals surface area contributed by atoms with E-state index in [1.165, 1.54) is 0 Å². The van der Waals surface area contributed by atoms with Crippen LogP contribution in [0.4, 0.5) is 4.79 Å². The van der Waals surface area contributed by atoms with Crippen LogP contribution >= 0.6 is 0 Å². The van der Waals surface area contributed by atoms with Gasteiger partial charge in [0.25, 0.3) is 0 Å². The third kappa shape index (κ3) is 3.22. The molecular formula is C16H24BNO4. The second kappa shape index (κ2) is 6.45. The first-order chi connectivity index (χ1) is 10.3. The van der Waals surface area contributed by atoms with Crippen molar-refractivity contribution in [2.24, 2.45) is 11.8 Å². The predicted molar refractivity (Wildman–Crippen MR) is 83.6 cm³/mol. The third-order valence-electron chi connectivity index (χ3n) is 4.85. The zero-order valence-corrected chi connectivity index (χ0v) is 13.5. The van der Waals surface area contributed by atoms with Crippen LogP contribution < -0.4 is 0 Å². The summed E-state index contributed by atoms with van der Waals surface area (Å²) >= 11 is 0. The second-order valence-corrected chi connectivity index (χ2v) is 6.67. The number of carboxylic acid groups (broad SMARTS) is 1. The number of aliphatic carboxylic acids is 1. The number of carboxylic acids is 1. The Kier molecular flexibility index (Phi) is 5.00. The number of carbonyl (C=O) groups is 2. The average Bonchev–Trinajstić information content (AvgIpc) is 2.69. The fourth-order valence-electron chi connectivity index (χ4n) is 3.88. The first-order valence-electron chi connectivity index (χ1n) is 7.92. The minimum Gasteiger partial charge on any atom is -0.481 e. The first-order valence-corrected chi connectivity index (χ1v) is 7.92. The van der Waals surface area contributed by atoms with Crippen LogP contribution in [0.15, 0.2) is 12.2 Å². The Labute approximate surface area is 133 Å². The summed E-state index contributed by atoms with van der Waals surface area (Å²) in [6.07, 6.45) is 6.46. The van der Waals surface area contributed by atoms with Crippen molar-refractivity contribution in [2.45, 2.75) is 64.3 Å². The lowest BCUT2D eigenvalue weighted by molar-refractivity contribution is -0.144. The molecule has 120 valence electrons. The highest BCUT2D eigenvalue weighted by Gasteiger charge is 2.48. The molecule has 0 bridgehead atoms. The molecular weight excluding hydrogens is 281 g/mol. The van der Waals surface area contributed by atoms with E-state index in [1.54, 1.807) is 4.90 Å². The molecule has 0 spiro atoms. The van der Waals surface area contributed by atoms with Gasteiger partial charge in [0, 0.05) is 0 Å². The molecule has 1 amide bonds. The van der Waals surface area contributed by atoms with E-state index >= 15 is 0 Å². The fraction of sp³-hybridized carbons (Fsp3) is 0.750. The molecule has 1 aliphatic carbocycles. The molecule has 2 radical (unpaired) electrons. The number of rotatable bonds is 4. The van der Waals surface area contributed by atoms with E-state index in [2.05, 4.69) is 0 Å². The van der Waals surface area contributed by atoms with Crippen molar-refractivity contribution in [3.05, 3.63) is 12.2 Å². The lowest BCUT2D eigenvalue weighted by atomic mass is 9.78. The maximum atomic E-state index is 11.8. The highest BCUT2D eigenvalue weighted by Crippen LogP contribution is 2.39. The molecule has 1 fully saturated rings. The largest absolute Gasteiger partial charge is 0.481 e. The SMILES string of the molecule is [B]C(=O)N1[C@@H](CC)[C@@H](CC2CC=CCC2C(=O)O)OC1(C)C. The summed E-state index contributed by atoms with van der Waals surface area (Å²) in [5, 5.41) is 9.39. The Morgan fingerprint density at radius 1 is 1.36 bits per heavy atom. The molecule has 5 nitrogen and oxygen atoms in total. The standard InChI is InChI=1S/C16H24BNO4/c1-4-12-13(22-16(2,3)18(12)15(17)21)9-10-7-5-6-8-11(10)14(19)20/h5-6,10-13H,4,7-9H2,1-3H3,(H,19,20)/t10?,11?,12-,13+/m0/s1. The van der Waals surface area contributed by atoms with Gasteiger partial charge in [0.05, 0.1) is 18.1 Å². The van der Waals surface area contributed by atoms with Crippen LogP contribution in [0.2, 0.25) is 0 Å². The Morgan fingerprint density at radius 2 is 2.00 bits per heavy atom. The maximum absolute atomic E-state index is 11.8. The topological polar surface area (TPSA) is 66.8 Å². The molecule has 2 rings (SSSR count). The molecule has 1 aliphatic heterocycles. The molecule has 1 heterocycles. The van der Waals surface area contributed by atoms with Crippen molar-refractivity contribution >= 4 is 19.6 Å².